The molecule has 6 nitrogen and oxygen atoms in total. The van der Waals surface area contributed by atoms with Crippen molar-refractivity contribution in [1.82, 2.24) is 10.3 Å². The monoisotopic (exact) mass is 374 g/mol. The van der Waals surface area contributed by atoms with Crippen molar-refractivity contribution in [2.24, 2.45) is 5.92 Å². The number of carbonyl (C=O) groups excluding carboxylic acids is 1. The van der Waals surface area contributed by atoms with Crippen molar-refractivity contribution in [1.29, 1.82) is 0 Å². The fourth-order valence-electron chi connectivity index (χ4n) is 3.16. The number of pyridine rings is 1. The maximum absolute atomic E-state index is 12.5. The first-order valence-corrected chi connectivity index (χ1v) is 10.4. The summed E-state index contributed by atoms with van der Waals surface area (Å²) in [5.41, 5.74) is 1.52. The summed E-state index contributed by atoms with van der Waals surface area (Å²) >= 11 is 0. The molecule has 2 aromatic rings. The van der Waals surface area contributed by atoms with Gasteiger partial charge in [0.1, 0.15) is 0 Å². The van der Waals surface area contributed by atoms with Crippen LogP contribution in [0, 0.1) is 5.92 Å². The van der Waals surface area contributed by atoms with Crippen molar-refractivity contribution >= 4 is 15.7 Å². The fourth-order valence-corrected chi connectivity index (χ4v) is 3.79. The number of hydrogen-bond acceptors (Lipinski definition) is 5. The zero-order valence-corrected chi connectivity index (χ0v) is 15.3. The van der Waals surface area contributed by atoms with Crippen molar-refractivity contribution in [2.75, 3.05) is 6.26 Å². The van der Waals surface area contributed by atoms with Crippen molar-refractivity contribution in [3.63, 3.8) is 0 Å². The lowest BCUT2D eigenvalue weighted by Gasteiger charge is -2.37. The number of sulfone groups is 1. The third kappa shape index (κ3) is 4.47. The number of amides is 1. The van der Waals surface area contributed by atoms with Crippen LogP contribution in [-0.2, 0) is 21.1 Å². The number of carbonyl (C=O) groups is 1. The second kappa shape index (κ2) is 7.55. The SMILES string of the molecule is CS(=O)(=O)c1ccc(CC(=O)NC(c2ccccn2)C2CC(O)C2)cc1. The quantitative estimate of drug-likeness (QED) is 0.802. The van der Waals surface area contributed by atoms with E-state index in [1.54, 1.807) is 18.3 Å². The van der Waals surface area contributed by atoms with E-state index in [1.165, 1.54) is 12.1 Å². The van der Waals surface area contributed by atoms with Gasteiger partial charge in [0.25, 0.3) is 0 Å². The second-order valence-corrected chi connectivity index (χ2v) is 8.79. The largest absolute Gasteiger partial charge is 0.393 e. The Morgan fingerprint density at radius 1 is 1.23 bits per heavy atom. The Hall–Kier alpha value is -2.25. The molecule has 1 amide bonds. The van der Waals surface area contributed by atoms with Crippen LogP contribution in [-0.4, -0.2) is 36.8 Å². The molecule has 0 bridgehead atoms. The summed E-state index contributed by atoms with van der Waals surface area (Å²) < 4.78 is 23.0. The van der Waals surface area contributed by atoms with Gasteiger partial charge in [0, 0.05) is 12.5 Å². The van der Waals surface area contributed by atoms with Gasteiger partial charge in [-0.3, -0.25) is 9.78 Å². The molecule has 26 heavy (non-hydrogen) atoms. The molecule has 3 rings (SSSR count). The van der Waals surface area contributed by atoms with Crippen molar-refractivity contribution in [2.45, 2.75) is 36.3 Å². The summed E-state index contributed by atoms with van der Waals surface area (Å²) in [5, 5.41) is 12.6. The lowest BCUT2D eigenvalue weighted by atomic mass is 9.76. The van der Waals surface area contributed by atoms with Gasteiger partial charge in [-0.05, 0) is 48.6 Å². The highest BCUT2D eigenvalue weighted by atomic mass is 32.2. The third-order valence-corrected chi connectivity index (χ3v) is 5.79. The van der Waals surface area contributed by atoms with Crippen molar-refractivity contribution < 1.29 is 18.3 Å². The van der Waals surface area contributed by atoms with Crippen LogP contribution in [0.4, 0.5) is 0 Å². The molecular formula is C19H22N2O4S. The van der Waals surface area contributed by atoms with E-state index >= 15 is 0 Å². The van der Waals surface area contributed by atoms with Gasteiger partial charge >= 0.3 is 0 Å². The number of nitrogens with one attached hydrogen (secondary N) is 1. The molecule has 0 aliphatic heterocycles. The van der Waals surface area contributed by atoms with Gasteiger partial charge in [-0.1, -0.05) is 18.2 Å². The normalized spacial score (nSPS) is 20.8. The Balaban J connectivity index is 1.68. The number of aliphatic hydroxyl groups excluding tert-OH is 1. The summed E-state index contributed by atoms with van der Waals surface area (Å²) in [6.07, 6.45) is 3.97. The molecular weight excluding hydrogens is 352 g/mol. The number of hydrogen-bond donors (Lipinski definition) is 2. The number of nitrogens with zero attached hydrogens (tertiary/aromatic N) is 1. The zero-order valence-electron chi connectivity index (χ0n) is 14.5. The minimum atomic E-state index is -3.25. The zero-order chi connectivity index (χ0) is 18.7. The summed E-state index contributed by atoms with van der Waals surface area (Å²) in [7, 11) is -3.25. The molecule has 7 heteroatoms. The van der Waals surface area contributed by atoms with E-state index < -0.39 is 9.84 Å². The van der Waals surface area contributed by atoms with E-state index in [0.717, 1.165) is 17.5 Å². The molecule has 0 saturated heterocycles. The molecule has 2 N–H and O–H groups in total. The standard InChI is InChI=1S/C19H22N2O4S/c1-26(24,25)16-7-5-13(6-8-16)10-18(23)21-19(14-11-15(22)12-14)17-4-2-3-9-20-17/h2-9,14-15,19,22H,10-12H2,1H3,(H,21,23). The first kappa shape index (κ1) is 18.5. The molecule has 138 valence electrons. The van der Waals surface area contributed by atoms with Gasteiger partial charge < -0.3 is 10.4 Å². The average Bonchev–Trinajstić information content (AvgIpc) is 2.58. The van der Waals surface area contributed by atoms with E-state index in [4.69, 9.17) is 0 Å². The maximum atomic E-state index is 12.5. The minimum Gasteiger partial charge on any atom is -0.393 e. The van der Waals surface area contributed by atoms with Crippen LogP contribution >= 0.6 is 0 Å². The van der Waals surface area contributed by atoms with Crippen LogP contribution in [0.25, 0.3) is 0 Å². The smallest absolute Gasteiger partial charge is 0.224 e. The van der Waals surface area contributed by atoms with Crippen molar-refractivity contribution in [3.05, 3.63) is 59.9 Å². The highest BCUT2D eigenvalue weighted by Gasteiger charge is 2.36. The molecule has 1 fully saturated rings. The molecule has 1 aliphatic carbocycles. The first-order chi connectivity index (χ1) is 12.3. The Morgan fingerprint density at radius 3 is 2.46 bits per heavy atom. The molecule has 1 aliphatic rings. The number of aromatic nitrogens is 1. The van der Waals surface area contributed by atoms with E-state index in [9.17, 15) is 18.3 Å². The molecule has 0 spiro atoms. The van der Waals surface area contributed by atoms with E-state index in [2.05, 4.69) is 10.3 Å². The Labute approximate surface area is 153 Å². The number of aliphatic hydroxyl groups is 1. The highest BCUT2D eigenvalue weighted by molar-refractivity contribution is 7.90. The lowest BCUT2D eigenvalue weighted by molar-refractivity contribution is -0.122. The Morgan fingerprint density at radius 2 is 1.92 bits per heavy atom. The van der Waals surface area contributed by atoms with Crippen LogP contribution in [0.1, 0.15) is 30.1 Å². The molecule has 1 atom stereocenters. The third-order valence-electron chi connectivity index (χ3n) is 4.66. The van der Waals surface area contributed by atoms with Gasteiger partial charge in [-0.2, -0.15) is 0 Å². The highest BCUT2D eigenvalue weighted by Crippen LogP contribution is 2.37. The molecule has 1 saturated carbocycles. The van der Waals surface area contributed by atoms with E-state index in [-0.39, 0.29) is 35.3 Å². The molecule has 0 radical (unpaired) electrons. The van der Waals surface area contributed by atoms with Gasteiger partial charge in [0.15, 0.2) is 9.84 Å². The van der Waals surface area contributed by atoms with Gasteiger partial charge in [0.05, 0.1) is 29.2 Å². The predicted molar refractivity (Wildman–Crippen MR) is 97.1 cm³/mol. The summed E-state index contributed by atoms with van der Waals surface area (Å²) in [5.74, 6) is 0.00519. The topological polar surface area (TPSA) is 96.4 Å². The van der Waals surface area contributed by atoms with Gasteiger partial charge in [-0.15, -0.1) is 0 Å². The number of benzene rings is 1. The van der Waals surface area contributed by atoms with Crippen LogP contribution in [0.5, 0.6) is 0 Å². The minimum absolute atomic E-state index is 0.155. The van der Waals surface area contributed by atoms with E-state index in [1.807, 2.05) is 18.2 Å². The summed E-state index contributed by atoms with van der Waals surface area (Å²) in [4.78, 5) is 17.1. The van der Waals surface area contributed by atoms with E-state index in [0.29, 0.717) is 12.8 Å². The maximum Gasteiger partial charge on any atom is 0.224 e. The average molecular weight is 374 g/mol. The van der Waals surface area contributed by atoms with Crippen LogP contribution < -0.4 is 5.32 Å². The summed E-state index contributed by atoms with van der Waals surface area (Å²) in [6, 6.07) is 11.7. The second-order valence-electron chi connectivity index (χ2n) is 6.78. The predicted octanol–water partition coefficient (Wildman–Crippen LogP) is 1.66. The number of rotatable bonds is 6. The lowest BCUT2D eigenvalue weighted by Crippen LogP contribution is -2.42. The molecule has 1 heterocycles. The van der Waals surface area contributed by atoms with Crippen LogP contribution in [0.2, 0.25) is 0 Å². The molecule has 1 unspecified atom stereocenters. The van der Waals surface area contributed by atoms with Gasteiger partial charge in [-0.25, -0.2) is 8.42 Å². The molecule has 1 aromatic heterocycles. The Kier molecular flexibility index (Phi) is 5.38. The fraction of sp³-hybridized carbons (Fsp3) is 0.368. The first-order valence-electron chi connectivity index (χ1n) is 8.50. The van der Waals surface area contributed by atoms with Crippen molar-refractivity contribution in [3.8, 4) is 0 Å². The van der Waals surface area contributed by atoms with Gasteiger partial charge in [0.2, 0.25) is 5.91 Å². The summed E-state index contributed by atoms with van der Waals surface area (Å²) in [6.45, 7) is 0. The van der Waals surface area contributed by atoms with Crippen LogP contribution in [0.15, 0.2) is 53.6 Å². The Bertz CT molecular complexity index is 860. The molecule has 1 aromatic carbocycles. The van der Waals surface area contributed by atoms with Crippen LogP contribution in [0.3, 0.4) is 0 Å².